The SMILES string of the molecule is Cc1ccccc1OCC(C)NC(=O)C1CCCN(Cc2nc(-c3ccc(Br)cc3)no2)C1. The van der Waals surface area contributed by atoms with Gasteiger partial charge < -0.3 is 14.6 Å². The first kappa shape index (κ1) is 23.4. The zero-order valence-electron chi connectivity index (χ0n) is 19.0. The topological polar surface area (TPSA) is 80.5 Å². The number of nitrogens with zero attached hydrogens (tertiary/aromatic N) is 3. The lowest BCUT2D eigenvalue weighted by Gasteiger charge is -2.31. The molecular weight excluding hydrogens is 484 g/mol. The van der Waals surface area contributed by atoms with Gasteiger partial charge in [0.05, 0.1) is 18.5 Å². The highest BCUT2D eigenvalue weighted by Gasteiger charge is 2.27. The summed E-state index contributed by atoms with van der Waals surface area (Å²) in [5.74, 6) is 2.00. The third-order valence-corrected chi connectivity index (χ3v) is 6.31. The van der Waals surface area contributed by atoms with Crippen LogP contribution in [0.15, 0.2) is 57.5 Å². The summed E-state index contributed by atoms with van der Waals surface area (Å²) in [7, 11) is 0. The number of nitrogens with one attached hydrogen (secondary N) is 1. The summed E-state index contributed by atoms with van der Waals surface area (Å²) >= 11 is 3.43. The number of aryl methyl sites for hydroxylation is 1. The first-order valence-corrected chi connectivity index (χ1v) is 12.1. The molecule has 0 spiro atoms. The summed E-state index contributed by atoms with van der Waals surface area (Å²) in [6, 6.07) is 15.6. The Kier molecular flexibility index (Phi) is 7.77. The first-order chi connectivity index (χ1) is 16.0. The maximum atomic E-state index is 12.9. The van der Waals surface area contributed by atoms with Crippen molar-refractivity contribution in [3.8, 4) is 17.1 Å². The van der Waals surface area contributed by atoms with E-state index in [1.165, 1.54) is 0 Å². The first-order valence-electron chi connectivity index (χ1n) is 11.3. The number of para-hydroxylation sites is 1. The number of hydrogen-bond acceptors (Lipinski definition) is 6. The number of hydrogen-bond donors (Lipinski definition) is 1. The largest absolute Gasteiger partial charge is 0.491 e. The molecule has 2 unspecified atom stereocenters. The van der Waals surface area contributed by atoms with Crippen LogP contribution in [0.5, 0.6) is 5.75 Å². The number of benzene rings is 2. The second-order valence-electron chi connectivity index (χ2n) is 8.58. The maximum absolute atomic E-state index is 12.9. The Balaban J connectivity index is 1.27. The molecule has 0 saturated carbocycles. The van der Waals surface area contributed by atoms with Crippen molar-refractivity contribution in [2.45, 2.75) is 39.3 Å². The number of carbonyl (C=O) groups is 1. The van der Waals surface area contributed by atoms with Crippen molar-refractivity contribution < 1.29 is 14.1 Å². The molecule has 2 atom stereocenters. The summed E-state index contributed by atoms with van der Waals surface area (Å²) in [6.07, 6.45) is 1.83. The minimum Gasteiger partial charge on any atom is -0.491 e. The molecule has 1 aliphatic heterocycles. The van der Waals surface area contributed by atoms with Gasteiger partial charge >= 0.3 is 0 Å². The molecule has 0 bridgehead atoms. The third-order valence-electron chi connectivity index (χ3n) is 5.78. The van der Waals surface area contributed by atoms with E-state index < -0.39 is 0 Å². The van der Waals surface area contributed by atoms with Crippen LogP contribution >= 0.6 is 15.9 Å². The molecule has 1 fully saturated rings. The average molecular weight is 513 g/mol. The fourth-order valence-corrected chi connectivity index (χ4v) is 4.24. The predicted molar refractivity (Wildman–Crippen MR) is 130 cm³/mol. The van der Waals surface area contributed by atoms with E-state index in [4.69, 9.17) is 9.26 Å². The van der Waals surface area contributed by atoms with Crippen LogP contribution < -0.4 is 10.1 Å². The number of aromatic nitrogens is 2. The van der Waals surface area contributed by atoms with Gasteiger partial charge in [0, 0.05) is 16.6 Å². The van der Waals surface area contributed by atoms with Crippen molar-refractivity contribution in [1.29, 1.82) is 0 Å². The van der Waals surface area contributed by atoms with Gasteiger partial charge in [-0.25, -0.2) is 0 Å². The fraction of sp³-hybridized carbons (Fsp3) is 0.400. The normalized spacial score (nSPS) is 17.5. The van der Waals surface area contributed by atoms with Crippen LogP contribution in [0.3, 0.4) is 0 Å². The molecular formula is C25H29BrN4O3. The van der Waals surface area contributed by atoms with E-state index in [0.717, 1.165) is 40.7 Å². The zero-order chi connectivity index (χ0) is 23.2. The second kappa shape index (κ2) is 10.9. The van der Waals surface area contributed by atoms with Crippen molar-refractivity contribution in [1.82, 2.24) is 20.4 Å². The molecule has 8 heteroatoms. The van der Waals surface area contributed by atoms with Gasteiger partial charge in [-0.3, -0.25) is 9.69 Å². The highest BCUT2D eigenvalue weighted by Crippen LogP contribution is 2.22. The third kappa shape index (κ3) is 6.42. The average Bonchev–Trinajstić information content (AvgIpc) is 3.27. The Morgan fingerprint density at radius 2 is 2.06 bits per heavy atom. The number of carbonyl (C=O) groups excluding carboxylic acids is 1. The molecule has 0 aliphatic carbocycles. The number of amides is 1. The van der Waals surface area contributed by atoms with E-state index in [1.54, 1.807) is 0 Å². The zero-order valence-corrected chi connectivity index (χ0v) is 20.5. The number of halogens is 1. The fourth-order valence-electron chi connectivity index (χ4n) is 3.98. The molecule has 3 aromatic rings. The van der Waals surface area contributed by atoms with Crippen LogP contribution in [-0.4, -0.2) is 46.7 Å². The van der Waals surface area contributed by atoms with Gasteiger partial charge in [-0.05, 0) is 69.1 Å². The summed E-state index contributed by atoms with van der Waals surface area (Å²) in [6.45, 7) is 6.55. The van der Waals surface area contributed by atoms with Crippen LogP contribution in [0.2, 0.25) is 0 Å². The Morgan fingerprint density at radius 3 is 2.85 bits per heavy atom. The number of piperidine rings is 1. The van der Waals surface area contributed by atoms with Gasteiger partial charge in [0.2, 0.25) is 17.6 Å². The number of likely N-dealkylation sites (tertiary alicyclic amines) is 1. The molecule has 33 heavy (non-hydrogen) atoms. The van der Waals surface area contributed by atoms with E-state index in [0.29, 0.717) is 31.4 Å². The molecule has 4 rings (SSSR count). The lowest BCUT2D eigenvalue weighted by atomic mass is 9.97. The van der Waals surface area contributed by atoms with Crippen molar-refractivity contribution in [3.05, 3.63) is 64.5 Å². The Hall–Kier alpha value is -2.71. The quantitative estimate of drug-likeness (QED) is 0.474. The molecule has 1 amide bonds. The Bertz CT molecular complexity index is 1070. The highest BCUT2D eigenvalue weighted by atomic mass is 79.9. The van der Waals surface area contributed by atoms with Gasteiger partial charge in [0.15, 0.2) is 0 Å². The van der Waals surface area contributed by atoms with Crippen LogP contribution in [-0.2, 0) is 11.3 Å². The minimum absolute atomic E-state index is 0.0615. The van der Waals surface area contributed by atoms with Gasteiger partial charge in [-0.15, -0.1) is 0 Å². The molecule has 1 saturated heterocycles. The van der Waals surface area contributed by atoms with E-state index in [2.05, 4.69) is 36.3 Å². The summed E-state index contributed by atoms with van der Waals surface area (Å²) in [4.78, 5) is 19.6. The molecule has 174 valence electrons. The van der Waals surface area contributed by atoms with Gasteiger partial charge in [0.1, 0.15) is 12.4 Å². The van der Waals surface area contributed by atoms with E-state index >= 15 is 0 Å². The van der Waals surface area contributed by atoms with Gasteiger partial charge in [-0.1, -0.05) is 39.3 Å². The van der Waals surface area contributed by atoms with Crippen LogP contribution in [0.1, 0.15) is 31.2 Å². The van der Waals surface area contributed by atoms with Crippen LogP contribution in [0.25, 0.3) is 11.4 Å². The van der Waals surface area contributed by atoms with Crippen molar-refractivity contribution >= 4 is 21.8 Å². The number of ether oxygens (including phenoxy) is 1. The minimum atomic E-state index is -0.0723. The van der Waals surface area contributed by atoms with E-state index in [1.807, 2.05) is 62.4 Å². The Morgan fingerprint density at radius 1 is 1.27 bits per heavy atom. The van der Waals surface area contributed by atoms with Gasteiger partial charge in [0.25, 0.3) is 0 Å². The predicted octanol–water partition coefficient (Wildman–Crippen LogP) is 4.60. The van der Waals surface area contributed by atoms with Crippen molar-refractivity contribution in [2.75, 3.05) is 19.7 Å². The maximum Gasteiger partial charge on any atom is 0.241 e. The molecule has 1 aliphatic rings. The summed E-state index contributed by atoms with van der Waals surface area (Å²) in [5.41, 5.74) is 1.99. The summed E-state index contributed by atoms with van der Waals surface area (Å²) in [5, 5.41) is 7.21. The molecule has 1 N–H and O–H groups in total. The van der Waals surface area contributed by atoms with E-state index in [9.17, 15) is 4.79 Å². The Labute approximate surface area is 202 Å². The van der Waals surface area contributed by atoms with Crippen LogP contribution in [0, 0.1) is 12.8 Å². The molecule has 1 aromatic heterocycles. The van der Waals surface area contributed by atoms with Crippen molar-refractivity contribution in [3.63, 3.8) is 0 Å². The standard InChI is InChI=1S/C25H29BrN4O3/c1-17-6-3-4-8-22(17)32-16-18(2)27-25(31)20-7-5-13-30(14-20)15-23-28-24(29-33-23)19-9-11-21(26)12-10-19/h3-4,6,8-12,18,20H,5,7,13-16H2,1-2H3,(H,27,31). The highest BCUT2D eigenvalue weighted by molar-refractivity contribution is 9.10. The monoisotopic (exact) mass is 512 g/mol. The molecule has 2 heterocycles. The molecule has 0 radical (unpaired) electrons. The smallest absolute Gasteiger partial charge is 0.241 e. The van der Waals surface area contributed by atoms with Crippen molar-refractivity contribution in [2.24, 2.45) is 5.92 Å². The molecule has 7 nitrogen and oxygen atoms in total. The lowest BCUT2D eigenvalue weighted by Crippen LogP contribution is -2.46. The van der Waals surface area contributed by atoms with Gasteiger partial charge in [-0.2, -0.15) is 4.98 Å². The lowest BCUT2D eigenvalue weighted by molar-refractivity contribution is -0.127. The summed E-state index contributed by atoms with van der Waals surface area (Å²) < 4.78 is 12.3. The number of rotatable bonds is 8. The van der Waals surface area contributed by atoms with E-state index in [-0.39, 0.29) is 17.9 Å². The second-order valence-corrected chi connectivity index (χ2v) is 9.49. The molecule has 2 aromatic carbocycles. The van der Waals surface area contributed by atoms with Crippen LogP contribution in [0.4, 0.5) is 0 Å².